The summed E-state index contributed by atoms with van der Waals surface area (Å²) in [5, 5.41) is 26.3. The van der Waals surface area contributed by atoms with Crippen molar-refractivity contribution >= 4 is 23.1 Å². The van der Waals surface area contributed by atoms with Crippen molar-refractivity contribution in [2.45, 2.75) is 37.0 Å². The molecule has 5 atom stereocenters. The van der Waals surface area contributed by atoms with E-state index in [1.165, 1.54) is 24.3 Å². The quantitative estimate of drug-likeness (QED) is 0.497. The Morgan fingerprint density at radius 3 is 2.96 bits per heavy atom. The summed E-state index contributed by atoms with van der Waals surface area (Å²) in [6.45, 7) is 1.08. The number of nitrogens with one attached hydrogen (secondary N) is 2. The van der Waals surface area contributed by atoms with Gasteiger partial charge in [-0.05, 0) is 6.42 Å². The number of rotatable bonds is 5. The van der Waals surface area contributed by atoms with Crippen molar-refractivity contribution in [2.75, 3.05) is 32.2 Å². The average molecular weight is 394 g/mol. The number of hydrogen-bond acceptors (Lipinski definition) is 10. The van der Waals surface area contributed by atoms with Gasteiger partial charge >= 0.3 is 6.09 Å². The fourth-order valence-corrected chi connectivity index (χ4v) is 3.31. The molecule has 3 unspecified atom stereocenters. The largest absolute Gasteiger partial charge is 0.447 e. The van der Waals surface area contributed by atoms with E-state index < -0.39 is 30.6 Å². The van der Waals surface area contributed by atoms with Crippen LogP contribution in [0.5, 0.6) is 0 Å². The molecule has 0 bridgehead atoms. The zero-order valence-electron chi connectivity index (χ0n) is 15.2. The molecule has 2 aliphatic heterocycles. The number of carbonyl (C=O) groups is 1. The lowest BCUT2D eigenvalue weighted by Gasteiger charge is -2.17. The van der Waals surface area contributed by atoms with Gasteiger partial charge in [0.05, 0.1) is 19.0 Å². The monoisotopic (exact) mass is 394 g/mol. The van der Waals surface area contributed by atoms with Gasteiger partial charge in [-0.3, -0.25) is 4.57 Å². The minimum absolute atomic E-state index is 0.143. The number of ether oxygens (including phenoxy) is 3. The summed E-state index contributed by atoms with van der Waals surface area (Å²) >= 11 is 0. The van der Waals surface area contributed by atoms with Gasteiger partial charge in [0.1, 0.15) is 31.2 Å². The molecule has 4 rings (SSSR count). The fraction of sp³-hybridized carbons (Fsp3) is 0.625. The third-order valence-electron chi connectivity index (χ3n) is 4.82. The first-order valence-electron chi connectivity index (χ1n) is 8.96. The number of amides is 1. The van der Waals surface area contributed by atoms with Crippen LogP contribution in [0.1, 0.15) is 12.6 Å². The summed E-state index contributed by atoms with van der Waals surface area (Å²) in [6.07, 6.45) is -1.22. The lowest BCUT2D eigenvalue weighted by Crippen LogP contribution is -2.35. The van der Waals surface area contributed by atoms with E-state index in [1.807, 2.05) is 0 Å². The van der Waals surface area contributed by atoms with Crippen LogP contribution in [0.3, 0.4) is 0 Å². The van der Waals surface area contributed by atoms with Crippen molar-refractivity contribution in [3.05, 3.63) is 12.7 Å². The maximum Gasteiger partial charge on any atom is 0.406 e. The number of anilines is 1. The van der Waals surface area contributed by atoms with E-state index in [1.54, 1.807) is 0 Å². The first kappa shape index (κ1) is 18.8. The molecule has 0 spiro atoms. The second-order valence-electron chi connectivity index (χ2n) is 6.65. The Kier molecular flexibility index (Phi) is 5.26. The average Bonchev–Trinajstić information content (AvgIpc) is 3.42. The molecule has 2 saturated heterocycles. The van der Waals surface area contributed by atoms with E-state index in [0.717, 1.165) is 6.42 Å². The van der Waals surface area contributed by atoms with E-state index in [4.69, 9.17) is 14.2 Å². The highest BCUT2D eigenvalue weighted by molar-refractivity contribution is 5.82. The Morgan fingerprint density at radius 2 is 2.21 bits per heavy atom. The van der Waals surface area contributed by atoms with E-state index >= 15 is 0 Å². The molecule has 12 nitrogen and oxygen atoms in total. The van der Waals surface area contributed by atoms with E-state index in [0.29, 0.717) is 30.2 Å². The summed E-state index contributed by atoms with van der Waals surface area (Å²) in [6, 6.07) is 0.143. The van der Waals surface area contributed by atoms with E-state index in [9.17, 15) is 15.0 Å². The van der Waals surface area contributed by atoms with Crippen LogP contribution in [-0.4, -0.2) is 87.0 Å². The van der Waals surface area contributed by atoms with Crippen LogP contribution in [-0.2, 0) is 14.2 Å². The molecule has 2 fully saturated rings. The van der Waals surface area contributed by atoms with Crippen molar-refractivity contribution in [3.8, 4) is 0 Å². The second-order valence-corrected chi connectivity index (χ2v) is 6.65. The lowest BCUT2D eigenvalue weighted by molar-refractivity contribution is -0.0531. The van der Waals surface area contributed by atoms with Crippen LogP contribution >= 0.6 is 0 Å². The molecular formula is C16H22N6O6. The molecule has 2 aliphatic rings. The number of aliphatic hydroxyl groups excluding tert-OH is 2. The summed E-state index contributed by atoms with van der Waals surface area (Å²) in [4.78, 5) is 24.1. The normalized spacial score (nSPS) is 29.9. The predicted octanol–water partition coefficient (Wildman–Crippen LogP) is -0.998. The topological polar surface area (TPSA) is 153 Å². The molecule has 28 heavy (non-hydrogen) atoms. The molecule has 1 amide bonds. The van der Waals surface area contributed by atoms with Gasteiger partial charge in [0, 0.05) is 13.7 Å². The molecule has 4 N–H and O–H groups in total. The first-order valence-corrected chi connectivity index (χ1v) is 8.96. The summed E-state index contributed by atoms with van der Waals surface area (Å²) < 4.78 is 17.5. The van der Waals surface area contributed by atoms with Crippen LogP contribution in [0.25, 0.3) is 11.2 Å². The summed E-state index contributed by atoms with van der Waals surface area (Å²) in [5.41, 5.74) is 0.963. The lowest BCUT2D eigenvalue weighted by atomic mass is 10.1. The van der Waals surface area contributed by atoms with Gasteiger partial charge in [0.15, 0.2) is 23.2 Å². The molecule has 0 radical (unpaired) electrons. The van der Waals surface area contributed by atoms with Crippen molar-refractivity contribution in [2.24, 2.45) is 0 Å². The van der Waals surface area contributed by atoms with Gasteiger partial charge in [0.25, 0.3) is 0 Å². The minimum Gasteiger partial charge on any atom is -0.447 e. The van der Waals surface area contributed by atoms with Gasteiger partial charge in [-0.25, -0.2) is 19.7 Å². The number of nitrogens with zero attached hydrogens (tertiary/aromatic N) is 4. The van der Waals surface area contributed by atoms with Crippen molar-refractivity contribution in [1.29, 1.82) is 0 Å². The van der Waals surface area contributed by atoms with Crippen molar-refractivity contribution in [3.63, 3.8) is 0 Å². The fourth-order valence-electron chi connectivity index (χ4n) is 3.31. The predicted molar refractivity (Wildman–Crippen MR) is 94.5 cm³/mol. The molecule has 0 saturated carbocycles. The highest BCUT2D eigenvalue weighted by atomic mass is 16.6. The zero-order chi connectivity index (χ0) is 19.7. The SMILES string of the molecule is CNC(=O)OC[C@H]1OC(n2cnc3c(NC4CCOC4)ncnc32)C(O)[C@@H]1O. The maximum atomic E-state index is 11.2. The Hall–Kier alpha value is -2.54. The van der Waals surface area contributed by atoms with Crippen molar-refractivity contribution < 1.29 is 29.2 Å². The summed E-state index contributed by atoms with van der Waals surface area (Å²) in [7, 11) is 1.42. The van der Waals surface area contributed by atoms with E-state index in [-0.39, 0.29) is 12.6 Å². The molecule has 2 aromatic heterocycles. The van der Waals surface area contributed by atoms with Crippen LogP contribution < -0.4 is 10.6 Å². The Balaban J connectivity index is 1.54. The smallest absolute Gasteiger partial charge is 0.406 e. The van der Waals surface area contributed by atoms with Crippen molar-refractivity contribution in [1.82, 2.24) is 24.8 Å². The Labute approximate surface area is 159 Å². The van der Waals surface area contributed by atoms with Crippen LogP contribution in [0.4, 0.5) is 10.6 Å². The number of fused-ring (bicyclic) bond motifs is 1. The van der Waals surface area contributed by atoms with Crippen LogP contribution in [0, 0.1) is 0 Å². The van der Waals surface area contributed by atoms with Gasteiger partial charge in [-0.15, -0.1) is 0 Å². The molecular weight excluding hydrogens is 372 g/mol. The van der Waals surface area contributed by atoms with Gasteiger partial charge in [-0.1, -0.05) is 0 Å². The molecule has 2 aromatic rings. The number of alkyl carbamates (subject to hydrolysis) is 1. The first-order chi connectivity index (χ1) is 13.6. The molecule has 4 heterocycles. The number of aliphatic hydroxyl groups is 2. The van der Waals surface area contributed by atoms with Crippen LogP contribution in [0.15, 0.2) is 12.7 Å². The Bertz CT molecular complexity index is 840. The highest BCUT2D eigenvalue weighted by Gasteiger charge is 2.45. The third kappa shape index (κ3) is 3.46. The second kappa shape index (κ2) is 7.83. The maximum absolute atomic E-state index is 11.2. The number of hydrogen-bond donors (Lipinski definition) is 4. The standard InChI is InChI=1S/C16H22N6O6/c1-17-16(25)27-5-9-11(23)12(24)15(28-9)22-7-20-10-13(18-6-19-14(10)22)21-8-2-3-26-4-8/h6-9,11-12,15,23-24H,2-5H2,1H3,(H,17,25)(H,18,19,21)/t8?,9-,11-,12?,15?/m1/s1. The molecule has 12 heteroatoms. The van der Waals surface area contributed by atoms with E-state index in [2.05, 4.69) is 25.6 Å². The van der Waals surface area contributed by atoms with Gasteiger partial charge in [0.2, 0.25) is 0 Å². The highest BCUT2D eigenvalue weighted by Crippen LogP contribution is 2.32. The minimum atomic E-state index is -1.25. The number of aromatic nitrogens is 4. The summed E-state index contributed by atoms with van der Waals surface area (Å²) in [5.74, 6) is 0.562. The number of imidazole rings is 1. The Morgan fingerprint density at radius 1 is 1.36 bits per heavy atom. The third-order valence-corrected chi connectivity index (χ3v) is 4.82. The molecule has 0 aliphatic carbocycles. The van der Waals surface area contributed by atoms with Crippen LogP contribution in [0.2, 0.25) is 0 Å². The molecule has 0 aromatic carbocycles. The number of carbonyl (C=O) groups excluding carboxylic acids is 1. The zero-order valence-corrected chi connectivity index (χ0v) is 15.2. The van der Waals surface area contributed by atoms with Gasteiger partial charge < -0.3 is 35.1 Å². The molecule has 152 valence electrons. The van der Waals surface area contributed by atoms with Gasteiger partial charge in [-0.2, -0.15) is 0 Å².